The van der Waals surface area contributed by atoms with Gasteiger partial charge in [-0.15, -0.1) is 0 Å². The van der Waals surface area contributed by atoms with Gasteiger partial charge < -0.3 is 15.8 Å². The highest BCUT2D eigenvalue weighted by atomic mass is 16.4. The molecule has 0 spiro atoms. The van der Waals surface area contributed by atoms with Gasteiger partial charge in [-0.3, -0.25) is 0 Å². The van der Waals surface area contributed by atoms with Gasteiger partial charge in [-0.05, 0) is 5.41 Å². The lowest BCUT2D eigenvalue weighted by Crippen LogP contribution is -2.30. The Hall–Kier alpha value is -1.85. The number of amidine groups is 1. The molecule has 94 valence electrons. The van der Waals surface area contributed by atoms with Crippen LogP contribution in [-0.2, 0) is 0 Å². The molecule has 1 rings (SSSR count). The van der Waals surface area contributed by atoms with Gasteiger partial charge in [0.15, 0.2) is 5.84 Å². The fourth-order valence-corrected chi connectivity index (χ4v) is 1.49. The van der Waals surface area contributed by atoms with E-state index >= 15 is 0 Å². The first-order valence-electron chi connectivity index (χ1n) is 5.34. The number of oxime groups is 1. The van der Waals surface area contributed by atoms with E-state index in [1.54, 1.807) is 6.20 Å². The lowest BCUT2D eigenvalue weighted by molar-refractivity contribution is 0.318. The molecule has 0 aliphatic heterocycles. The van der Waals surface area contributed by atoms with Gasteiger partial charge in [0.25, 0.3) is 0 Å². The maximum atomic E-state index is 8.50. The van der Waals surface area contributed by atoms with Gasteiger partial charge in [-0.25, -0.2) is 9.97 Å². The lowest BCUT2D eigenvalue weighted by atomic mass is 9.96. The average molecular weight is 237 g/mol. The summed E-state index contributed by atoms with van der Waals surface area (Å²) in [6, 6.07) is 0. The van der Waals surface area contributed by atoms with Crippen molar-refractivity contribution in [3.63, 3.8) is 0 Å². The normalized spacial score (nSPS) is 12.6. The third-order valence-corrected chi connectivity index (χ3v) is 2.11. The first-order valence-corrected chi connectivity index (χ1v) is 5.34. The summed E-state index contributed by atoms with van der Waals surface area (Å²) >= 11 is 0. The molecule has 0 saturated carbocycles. The number of nitrogens with zero attached hydrogens (tertiary/aromatic N) is 4. The van der Waals surface area contributed by atoms with Crippen molar-refractivity contribution >= 4 is 11.7 Å². The Kier molecular flexibility index (Phi) is 3.88. The molecule has 1 heterocycles. The molecule has 0 atom stereocenters. The largest absolute Gasteiger partial charge is 0.409 e. The molecule has 0 aliphatic carbocycles. The fourth-order valence-electron chi connectivity index (χ4n) is 1.49. The van der Waals surface area contributed by atoms with Crippen LogP contribution in [0.5, 0.6) is 0 Å². The predicted molar refractivity (Wildman–Crippen MR) is 67.3 cm³/mol. The molecule has 0 amide bonds. The molecule has 0 unspecified atom stereocenters. The minimum atomic E-state index is -0.0393. The van der Waals surface area contributed by atoms with Gasteiger partial charge >= 0.3 is 0 Å². The number of rotatable bonds is 3. The second-order valence-corrected chi connectivity index (χ2v) is 5.16. The first kappa shape index (κ1) is 13.2. The monoisotopic (exact) mass is 237 g/mol. The van der Waals surface area contributed by atoms with Gasteiger partial charge in [-0.2, -0.15) is 0 Å². The predicted octanol–water partition coefficient (Wildman–Crippen LogP) is 1.05. The summed E-state index contributed by atoms with van der Waals surface area (Å²) in [7, 11) is 1.96. The molecule has 0 bridgehead atoms. The van der Waals surface area contributed by atoms with Gasteiger partial charge in [-0.1, -0.05) is 25.9 Å². The zero-order chi connectivity index (χ0) is 13.1. The van der Waals surface area contributed by atoms with Crippen molar-refractivity contribution in [3.05, 3.63) is 18.1 Å². The summed E-state index contributed by atoms with van der Waals surface area (Å²) in [6.45, 7) is 7.33. The van der Waals surface area contributed by atoms with Gasteiger partial charge in [0.2, 0.25) is 0 Å². The van der Waals surface area contributed by atoms with E-state index in [4.69, 9.17) is 10.9 Å². The summed E-state index contributed by atoms with van der Waals surface area (Å²) in [5.41, 5.74) is 5.95. The van der Waals surface area contributed by atoms with Gasteiger partial charge in [0, 0.05) is 13.6 Å². The molecule has 0 fully saturated rings. The second kappa shape index (κ2) is 4.99. The van der Waals surface area contributed by atoms with Crippen LogP contribution in [0, 0.1) is 5.41 Å². The van der Waals surface area contributed by atoms with Crippen LogP contribution in [0.15, 0.2) is 17.5 Å². The van der Waals surface area contributed by atoms with Crippen molar-refractivity contribution in [2.45, 2.75) is 20.8 Å². The molecule has 0 saturated heterocycles. The van der Waals surface area contributed by atoms with E-state index in [2.05, 4.69) is 35.9 Å². The molecule has 0 aromatic carbocycles. The highest BCUT2D eigenvalue weighted by Gasteiger charge is 2.15. The van der Waals surface area contributed by atoms with E-state index in [0.29, 0.717) is 5.69 Å². The topological polar surface area (TPSA) is 87.6 Å². The molecule has 1 aromatic rings. The van der Waals surface area contributed by atoms with Crippen LogP contribution in [0.3, 0.4) is 0 Å². The van der Waals surface area contributed by atoms with E-state index in [1.165, 1.54) is 6.20 Å². The second-order valence-electron chi connectivity index (χ2n) is 5.16. The SMILES string of the molecule is CN(CC(C)(C)C)c1cnc(C(N)=NO)cn1. The van der Waals surface area contributed by atoms with Crippen molar-refractivity contribution in [2.24, 2.45) is 16.3 Å². The number of hydrogen-bond acceptors (Lipinski definition) is 5. The molecule has 6 heteroatoms. The molecular weight excluding hydrogens is 218 g/mol. The molecule has 17 heavy (non-hydrogen) atoms. The van der Waals surface area contributed by atoms with Crippen LogP contribution in [-0.4, -0.2) is 34.6 Å². The van der Waals surface area contributed by atoms with Crippen LogP contribution in [0.25, 0.3) is 0 Å². The highest BCUT2D eigenvalue weighted by molar-refractivity contribution is 5.94. The Bertz CT molecular complexity index is 393. The van der Waals surface area contributed by atoms with Crippen molar-refractivity contribution in [1.82, 2.24) is 9.97 Å². The maximum Gasteiger partial charge on any atom is 0.190 e. The highest BCUT2D eigenvalue weighted by Crippen LogP contribution is 2.17. The van der Waals surface area contributed by atoms with E-state index in [0.717, 1.165) is 12.4 Å². The zero-order valence-electron chi connectivity index (χ0n) is 10.7. The molecule has 6 nitrogen and oxygen atoms in total. The lowest BCUT2D eigenvalue weighted by Gasteiger charge is -2.27. The van der Waals surface area contributed by atoms with Crippen molar-refractivity contribution in [2.75, 3.05) is 18.5 Å². The van der Waals surface area contributed by atoms with Crippen molar-refractivity contribution in [3.8, 4) is 0 Å². The summed E-state index contributed by atoms with van der Waals surface area (Å²) < 4.78 is 0. The fraction of sp³-hybridized carbons (Fsp3) is 0.545. The third kappa shape index (κ3) is 3.90. The van der Waals surface area contributed by atoms with E-state index in [-0.39, 0.29) is 11.3 Å². The molecule has 0 radical (unpaired) electrons. The minimum Gasteiger partial charge on any atom is -0.409 e. The van der Waals surface area contributed by atoms with Crippen LogP contribution < -0.4 is 10.6 Å². The summed E-state index contributed by atoms with van der Waals surface area (Å²) in [4.78, 5) is 10.3. The minimum absolute atomic E-state index is 0.0393. The quantitative estimate of drug-likeness (QED) is 0.355. The van der Waals surface area contributed by atoms with Crippen LogP contribution in [0.4, 0.5) is 5.82 Å². The maximum absolute atomic E-state index is 8.50. The molecular formula is C11H19N5O. The van der Waals surface area contributed by atoms with Crippen molar-refractivity contribution < 1.29 is 5.21 Å². The molecule has 1 aromatic heterocycles. The summed E-state index contributed by atoms with van der Waals surface area (Å²) in [5.74, 6) is 0.719. The Morgan fingerprint density at radius 1 is 1.41 bits per heavy atom. The number of hydrogen-bond donors (Lipinski definition) is 2. The van der Waals surface area contributed by atoms with E-state index in [1.807, 2.05) is 11.9 Å². The Balaban J connectivity index is 2.81. The Labute approximate surface area is 101 Å². The van der Waals surface area contributed by atoms with Gasteiger partial charge in [0.05, 0.1) is 12.4 Å². The standard InChI is InChI=1S/C11H19N5O/c1-11(2,3)7-16(4)9-6-13-8(5-14-9)10(12)15-17/h5-6,17H,7H2,1-4H3,(H2,12,15). The molecule has 3 N–H and O–H groups in total. The van der Waals surface area contributed by atoms with Crippen molar-refractivity contribution in [1.29, 1.82) is 0 Å². The zero-order valence-corrected chi connectivity index (χ0v) is 10.7. The summed E-state index contributed by atoms with van der Waals surface area (Å²) in [6.07, 6.45) is 3.10. The Morgan fingerprint density at radius 3 is 2.47 bits per heavy atom. The number of aromatic nitrogens is 2. The molecule has 0 aliphatic rings. The number of nitrogens with two attached hydrogens (primary N) is 1. The van der Waals surface area contributed by atoms with E-state index < -0.39 is 0 Å². The van der Waals surface area contributed by atoms with Crippen LogP contribution in [0.2, 0.25) is 0 Å². The third-order valence-electron chi connectivity index (χ3n) is 2.11. The average Bonchev–Trinajstić information content (AvgIpc) is 2.26. The van der Waals surface area contributed by atoms with Gasteiger partial charge in [0.1, 0.15) is 11.5 Å². The van der Waals surface area contributed by atoms with E-state index in [9.17, 15) is 0 Å². The van der Waals surface area contributed by atoms with Crippen LogP contribution >= 0.6 is 0 Å². The summed E-state index contributed by atoms with van der Waals surface area (Å²) in [5, 5.41) is 11.4. The smallest absolute Gasteiger partial charge is 0.190 e. The first-order chi connectivity index (χ1) is 7.83. The Morgan fingerprint density at radius 2 is 2.06 bits per heavy atom. The number of anilines is 1. The van der Waals surface area contributed by atoms with Crippen LogP contribution in [0.1, 0.15) is 26.5 Å².